The van der Waals surface area contributed by atoms with Gasteiger partial charge in [-0.1, -0.05) is 20.3 Å². The second-order valence-corrected chi connectivity index (χ2v) is 7.99. The quantitative estimate of drug-likeness (QED) is 0.123. The van der Waals surface area contributed by atoms with Crippen LogP contribution in [0.5, 0.6) is 0 Å². The SMILES string of the molecule is CCC(C)C(NC(=O)C(CC(N)=O)NC(=O)C(CC(=O)O)NC(=O)C(N)Cc1cnc[nH]1)C(=O)O. The molecular formula is C20H31N7O8. The summed E-state index contributed by atoms with van der Waals surface area (Å²) in [6.07, 6.45) is 1.69. The first-order valence-corrected chi connectivity index (χ1v) is 10.7. The summed E-state index contributed by atoms with van der Waals surface area (Å²) in [7, 11) is 0. The van der Waals surface area contributed by atoms with E-state index in [0.717, 1.165) is 0 Å². The number of carbonyl (C=O) groups excluding carboxylic acids is 4. The van der Waals surface area contributed by atoms with Gasteiger partial charge < -0.3 is 42.6 Å². The van der Waals surface area contributed by atoms with E-state index in [2.05, 4.69) is 25.9 Å². The molecule has 1 aromatic rings. The van der Waals surface area contributed by atoms with Gasteiger partial charge in [-0.2, -0.15) is 0 Å². The maximum absolute atomic E-state index is 12.8. The van der Waals surface area contributed by atoms with Crippen molar-refractivity contribution in [2.75, 3.05) is 0 Å². The number of nitrogens with two attached hydrogens (primary N) is 2. The van der Waals surface area contributed by atoms with Crippen LogP contribution in [0.15, 0.2) is 12.5 Å². The summed E-state index contributed by atoms with van der Waals surface area (Å²) in [5.41, 5.74) is 11.5. The largest absolute Gasteiger partial charge is 0.481 e. The van der Waals surface area contributed by atoms with Crippen molar-refractivity contribution in [1.29, 1.82) is 0 Å². The Labute approximate surface area is 200 Å². The number of nitrogens with one attached hydrogen (secondary N) is 4. The number of carbonyl (C=O) groups is 6. The second kappa shape index (κ2) is 13.6. The van der Waals surface area contributed by atoms with Gasteiger partial charge in [0.15, 0.2) is 0 Å². The van der Waals surface area contributed by atoms with Gasteiger partial charge in [-0.05, 0) is 5.92 Å². The first-order valence-electron chi connectivity index (χ1n) is 10.7. The van der Waals surface area contributed by atoms with Gasteiger partial charge in [0.25, 0.3) is 0 Å². The van der Waals surface area contributed by atoms with E-state index < -0.39 is 78.5 Å². The Hall–Kier alpha value is -4.01. The Morgan fingerprint density at radius 1 is 1.00 bits per heavy atom. The molecule has 0 bridgehead atoms. The third-order valence-corrected chi connectivity index (χ3v) is 5.16. The van der Waals surface area contributed by atoms with E-state index in [1.165, 1.54) is 12.5 Å². The van der Waals surface area contributed by atoms with Crippen molar-refractivity contribution in [3.63, 3.8) is 0 Å². The molecule has 5 atom stereocenters. The van der Waals surface area contributed by atoms with Crippen molar-refractivity contribution in [1.82, 2.24) is 25.9 Å². The fraction of sp³-hybridized carbons (Fsp3) is 0.550. The van der Waals surface area contributed by atoms with Crippen molar-refractivity contribution in [3.8, 4) is 0 Å². The zero-order chi connectivity index (χ0) is 26.7. The molecule has 1 rings (SSSR count). The van der Waals surface area contributed by atoms with Gasteiger partial charge in [-0.15, -0.1) is 0 Å². The lowest BCUT2D eigenvalue weighted by Gasteiger charge is -2.25. The third kappa shape index (κ3) is 9.79. The number of imidazole rings is 1. The summed E-state index contributed by atoms with van der Waals surface area (Å²) < 4.78 is 0. The fourth-order valence-electron chi connectivity index (χ4n) is 3.01. The normalized spacial score (nSPS) is 15.1. The monoisotopic (exact) mass is 497 g/mol. The summed E-state index contributed by atoms with van der Waals surface area (Å²) in [5.74, 6) is -7.18. The molecule has 0 saturated heterocycles. The highest BCUT2D eigenvalue weighted by atomic mass is 16.4. The highest BCUT2D eigenvalue weighted by molar-refractivity contribution is 5.97. The number of hydrogen-bond acceptors (Lipinski definition) is 8. The molecule has 10 N–H and O–H groups in total. The van der Waals surface area contributed by atoms with Gasteiger partial charge in [0, 0.05) is 18.3 Å². The Kier molecular flexibility index (Phi) is 11.3. The topological polar surface area (TPSA) is 260 Å². The van der Waals surface area contributed by atoms with Crippen molar-refractivity contribution >= 4 is 35.6 Å². The molecule has 0 fully saturated rings. The minimum atomic E-state index is -1.65. The van der Waals surface area contributed by atoms with Crippen LogP contribution in [-0.2, 0) is 35.2 Å². The number of aliphatic carboxylic acids is 2. The molecule has 0 aliphatic heterocycles. The second-order valence-electron chi connectivity index (χ2n) is 7.99. The fourth-order valence-corrected chi connectivity index (χ4v) is 3.01. The summed E-state index contributed by atoms with van der Waals surface area (Å²) in [6.45, 7) is 3.30. The van der Waals surface area contributed by atoms with Gasteiger partial charge in [0.1, 0.15) is 18.1 Å². The van der Waals surface area contributed by atoms with Crippen LogP contribution < -0.4 is 27.4 Å². The number of H-pyrrole nitrogens is 1. The average Bonchev–Trinajstić information content (AvgIpc) is 3.27. The van der Waals surface area contributed by atoms with Gasteiger partial charge in [0.2, 0.25) is 23.6 Å². The van der Waals surface area contributed by atoms with Gasteiger partial charge in [-0.3, -0.25) is 24.0 Å². The maximum atomic E-state index is 12.8. The molecule has 0 aliphatic carbocycles. The van der Waals surface area contributed by atoms with Crippen molar-refractivity contribution < 1.29 is 39.0 Å². The van der Waals surface area contributed by atoms with Crippen molar-refractivity contribution in [2.45, 2.75) is 63.7 Å². The molecule has 15 nitrogen and oxygen atoms in total. The van der Waals surface area contributed by atoms with Crippen LogP contribution in [0.4, 0.5) is 0 Å². The minimum absolute atomic E-state index is 0.0200. The van der Waals surface area contributed by atoms with Crippen LogP contribution >= 0.6 is 0 Å². The lowest BCUT2D eigenvalue weighted by Crippen LogP contribution is -2.58. The Bertz CT molecular complexity index is 921. The maximum Gasteiger partial charge on any atom is 0.326 e. The molecule has 4 amide bonds. The van der Waals surface area contributed by atoms with E-state index in [1.54, 1.807) is 13.8 Å². The predicted octanol–water partition coefficient (Wildman–Crippen LogP) is -2.79. The van der Waals surface area contributed by atoms with E-state index in [-0.39, 0.29) is 6.42 Å². The molecular weight excluding hydrogens is 466 g/mol. The Balaban J connectivity index is 2.98. The molecule has 0 aromatic carbocycles. The third-order valence-electron chi connectivity index (χ3n) is 5.16. The summed E-state index contributed by atoms with van der Waals surface area (Å²) in [6, 6.07) is -5.73. The molecule has 0 aliphatic rings. The number of amides is 4. The number of aromatic amines is 1. The highest BCUT2D eigenvalue weighted by Gasteiger charge is 2.33. The number of rotatable bonds is 15. The molecule has 0 saturated carbocycles. The first-order chi connectivity index (χ1) is 16.3. The average molecular weight is 498 g/mol. The number of aromatic nitrogens is 2. The standard InChI is InChI=1S/C20H31N7O8/c1-3-9(2)16(20(34)35)27-19(33)12(5-14(22)28)26-18(32)13(6-15(29)30)25-17(31)11(21)4-10-7-23-8-24-10/h7-9,11-13,16H,3-6,21H2,1-2H3,(H2,22,28)(H,23,24)(H,25,31)(H,26,32)(H,27,33)(H,29,30)(H,34,35). The molecule has 1 aromatic heterocycles. The van der Waals surface area contributed by atoms with Crippen molar-refractivity contribution in [3.05, 3.63) is 18.2 Å². The van der Waals surface area contributed by atoms with E-state index in [4.69, 9.17) is 16.6 Å². The summed E-state index contributed by atoms with van der Waals surface area (Å²) in [5, 5.41) is 25.2. The van der Waals surface area contributed by atoms with Gasteiger partial charge in [0.05, 0.1) is 25.2 Å². The molecule has 194 valence electrons. The van der Waals surface area contributed by atoms with Crippen LogP contribution in [-0.4, -0.2) is 79.9 Å². The number of carboxylic acid groups (broad SMARTS) is 2. The smallest absolute Gasteiger partial charge is 0.326 e. The van der Waals surface area contributed by atoms with E-state index in [1.807, 2.05) is 0 Å². The number of carboxylic acids is 2. The Morgan fingerprint density at radius 2 is 1.57 bits per heavy atom. The zero-order valence-electron chi connectivity index (χ0n) is 19.3. The lowest BCUT2D eigenvalue weighted by atomic mass is 9.98. The number of primary amides is 1. The van der Waals surface area contributed by atoms with Crippen LogP contribution in [0.3, 0.4) is 0 Å². The number of nitrogens with zero attached hydrogens (tertiary/aromatic N) is 1. The molecule has 1 heterocycles. The summed E-state index contributed by atoms with van der Waals surface area (Å²) in [4.78, 5) is 78.6. The molecule has 15 heteroatoms. The number of hydrogen-bond donors (Lipinski definition) is 8. The van der Waals surface area contributed by atoms with Gasteiger partial charge >= 0.3 is 11.9 Å². The van der Waals surface area contributed by atoms with Crippen molar-refractivity contribution in [2.24, 2.45) is 17.4 Å². The van der Waals surface area contributed by atoms with Crippen LogP contribution in [0, 0.1) is 5.92 Å². The first kappa shape index (κ1) is 29.0. The van der Waals surface area contributed by atoms with E-state index in [9.17, 15) is 33.9 Å². The molecule has 0 radical (unpaired) electrons. The van der Waals surface area contributed by atoms with Crippen LogP contribution in [0.1, 0.15) is 38.8 Å². The van der Waals surface area contributed by atoms with Gasteiger partial charge in [-0.25, -0.2) is 9.78 Å². The summed E-state index contributed by atoms with van der Waals surface area (Å²) >= 11 is 0. The van der Waals surface area contributed by atoms with Crippen LogP contribution in [0.25, 0.3) is 0 Å². The van der Waals surface area contributed by atoms with E-state index in [0.29, 0.717) is 12.1 Å². The predicted molar refractivity (Wildman–Crippen MR) is 119 cm³/mol. The molecule has 35 heavy (non-hydrogen) atoms. The molecule has 0 spiro atoms. The molecule has 5 unspecified atom stereocenters. The zero-order valence-corrected chi connectivity index (χ0v) is 19.3. The minimum Gasteiger partial charge on any atom is -0.481 e. The Morgan fingerprint density at radius 3 is 2.06 bits per heavy atom. The lowest BCUT2D eigenvalue weighted by molar-refractivity contribution is -0.144. The van der Waals surface area contributed by atoms with Crippen LogP contribution in [0.2, 0.25) is 0 Å². The van der Waals surface area contributed by atoms with E-state index >= 15 is 0 Å². The highest BCUT2D eigenvalue weighted by Crippen LogP contribution is 2.09.